The molecule has 0 aromatic heterocycles. The molecule has 0 saturated heterocycles. The van der Waals surface area contributed by atoms with Gasteiger partial charge in [0.05, 0.1) is 6.61 Å². The maximum Gasteiger partial charge on any atom is 0.458 e. The third kappa shape index (κ3) is 4.45. The molecule has 0 bridgehead atoms. The zero-order chi connectivity index (χ0) is 11.0. The van der Waals surface area contributed by atoms with E-state index >= 15 is 0 Å². The lowest BCUT2D eigenvalue weighted by Gasteiger charge is -2.10. The Bertz CT molecular complexity index is 315. The van der Waals surface area contributed by atoms with E-state index in [9.17, 15) is 9.36 Å². The largest absolute Gasteiger partial charge is 0.465 e. The molecule has 0 aliphatic heterocycles. The maximum absolute atomic E-state index is 11.5. The predicted octanol–water partition coefficient (Wildman–Crippen LogP) is 1.94. The fraction of sp³-hybridized carbons (Fsp3) is 0.375. The van der Waals surface area contributed by atoms with Crippen LogP contribution in [0.4, 0.5) is 0 Å². The fourth-order valence-corrected chi connectivity index (χ4v) is 1.50. The van der Waals surface area contributed by atoms with Crippen molar-refractivity contribution in [2.75, 3.05) is 12.8 Å². The van der Waals surface area contributed by atoms with Crippen molar-refractivity contribution >= 4 is 13.6 Å². The Labute approximate surface area is 88.2 Å². The molecule has 84 valence electrons. The summed E-state index contributed by atoms with van der Waals surface area (Å²) in [7, 11) is -3.75. The zero-order valence-electron chi connectivity index (χ0n) is 7.56. The van der Waals surface area contributed by atoms with Crippen LogP contribution in [-0.2, 0) is 23.1 Å². The Morgan fingerprint density at radius 1 is 1.43 bits per heavy atom. The van der Waals surface area contributed by atoms with Crippen LogP contribution in [0.2, 0.25) is 0 Å². The van der Waals surface area contributed by atoms with Gasteiger partial charge in [-0.05, 0) is 6.92 Å². The summed E-state index contributed by atoms with van der Waals surface area (Å²) in [6.45, 7) is 1.76. The SMILES string of the molecule is C#COP(=O)(CC(=O)OCC)OC#C.[HH].[HH].[HH].[HH]. The molecule has 0 radical (unpaired) electrons. The van der Waals surface area contributed by atoms with Gasteiger partial charge in [-0.2, -0.15) is 0 Å². The van der Waals surface area contributed by atoms with Gasteiger partial charge >= 0.3 is 13.6 Å². The number of rotatable bonds is 5. The van der Waals surface area contributed by atoms with Crippen LogP contribution in [0, 0.1) is 25.1 Å². The fourth-order valence-electron chi connectivity index (χ4n) is 0.609. The minimum absolute atomic E-state index is 0. The Balaban J connectivity index is -0.000000141. The zero-order valence-corrected chi connectivity index (χ0v) is 8.45. The van der Waals surface area contributed by atoms with E-state index in [1.54, 1.807) is 19.1 Å². The summed E-state index contributed by atoms with van der Waals surface area (Å²) in [5, 5.41) is 0. The molecule has 0 spiro atoms. The number of hydrogen-bond acceptors (Lipinski definition) is 5. The van der Waals surface area contributed by atoms with E-state index in [4.69, 9.17) is 12.8 Å². The number of carbonyl (C=O) groups excluding carboxylic acids is 1. The van der Waals surface area contributed by atoms with Crippen LogP contribution in [0.15, 0.2) is 0 Å². The first-order chi connectivity index (χ1) is 6.58. The van der Waals surface area contributed by atoms with Crippen LogP contribution in [0.25, 0.3) is 0 Å². The van der Waals surface area contributed by atoms with E-state index in [0.717, 1.165) is 0 Å². The highest BCUT2D eigenvalue weighted by atomic mass is 31.2. The lowest BCUT2D eigenvalue weighted by Crippen LogP contribution is -2.11. The van der Waals surface area contributed by atoms with Crippen LogP contribution in [-0.4, -0.2) is 18.7 Å². The third-order valence-electron chi connectivity index (χ3n) is 1.01. The molecule has 0 aromatic rings. The van der Waals surface area contributed by atoms with Crippen LogP contribution >= 0.6 is 7.60 Å². The molecule has 0 heterocycles. The molecule has 0 aromatic carbocycles. The molecule has 0 atom stereocenters. The lowest BCUT2D eigenvalue weighted by atomic mass is 10.8. The van der Waals surface area contributed by atoms with Gasteiger partial charge in [-0.25, -0.2) is 4.57 Å². The molecule has 0 N–H and O–H groups in total. The monoisotopic (exact) mass is 224 g/mol. The minimum atomic E-state index is -3.75. The standard InChI is InChI=1S/C8H9O5P.4H2/c1-4-11-8(9)7-14(10,12-5-2)13-6-3;;;;/h2-3H,4,7H2,1H3;4*1H. The first kappa shape index (κ1) is 12.4. The molecule has 0 saturated carbocycles. The van der Waals surface area contributed by atoms with E-state index in [-0.39, 0.29) is 12.3 Å². The third-order valence-corrected chi connectivity index (χ3v) is 2.42. The summed E-state index contributed by atoms with van der Waals surface area (Å²) in [5.74, 6) is -0.749. The van der Waals surface area contributed by atoms with Crippen LogP contribution in [0.5, 0.6) is 0 Å². The number of carbonyl (C=O) groups is 1. The molecule has 6 heteroatoms. The van der Waals surface area contributed by atoms with Crippen molar-refractivity contribution in [3.63, 3.8) is 0 Å². The Morgan fingerprint density at radius 3 is 2.29 bits per heavy atom. The van der Waals surface area contributed by atoms with Crippen molar-refractivity contribution in [2.24, 2.45) is 0 Å². The van der Waals surface area contributed by atoms with Crippen LogP contribution < -0.4 is 0 Å². The molecule has 0 fully saturated rings. The average molecular weight is 224 g/mol. The summed E-state index contributed by atoms with van der Waals surface area (Å²) in [6, 6.07) is 0. The van der Waals surface area contributed by atoms with Crippen molar-refractivity contribution in [3.05, 3.63) is 0 Å². The highest BCUT2D eigenvalue weighted by molar-refractivity contribution is 7.55. The first-order valence-corrected chi connectivity index (χ1v) is 5.34. The van der Waals surface area contributed by atoms with Gasteiger partial charge < -0.3 is 13.8 Å². The van der Waals surface area contributed by atoms with Crippen LogP contribution in [0.1, 0.15) is 12.6 Å². The van der Waals surface area contributed by atoms with E-state index in [1.165, 1.54) is 0 Å². The highest BCUT2D eigenvalue weighted by Crippen LogP contribution is 2.47. The second-order valence-corrected chi connectivity index (χ2v) is 3.90. The number of esters is 1. The Kier molecular flexibility index (Phi) is 5.29. The molecule has 0 rings (SSSR count). The van der Waals surface area contributed by atoms with Gasteiger partial charge in [0.25, 0.3) is 0 Å². The van der Waals surface area contributed by atoms with Gasteiger partial charge in [0.1, 0.15) is 12.2 Å². The smallest absolute Gasteiger partial charge is 0.458 e. The topological polar surface area (TPSA) is 61.8 Å². The predicted molar refractivity (Wildman–Crippen MR) is 57.4 cm³/mol. The number of hydrogen-bond donors (Lipinski definition) is 0. The van der Waals surface area contributed by atoms with Crippen molar-refractivity contribution in [1.29, 1.82) is 0 Å². The molecular formula is C8H17O5P. The van der Waals surface area contributed by atoms with Gasteiger partial charge in [0.2, 0.25) is 0 Å². The summed E-state index contributed by atoms with van der Waals surface area (Å²) >= 11 is 0. The van der Waals surface area contributed by atoms with Crippen molar-refractivity contribution < 1.29 is 28.9 Å². The Morgan fingerprint density at radius 2 is 1.93 bits per heavy atom. The normalized spacial score (nSPS) is 9.36. The van der Waals surface area contributed by atoms with E-state index in [0.29, 0.717) is 0 Å². The number of ether oxygens (including phenoxy) is 1. The summed E-state index contributed by atoms with van der Waals surface area (Å²) in [4.78, 5) is 10.9. The van der Waals surface area contributed by atoms with Gasteiger partial charge in [-0.3, -0.25) is 4.79 Å². The molecular weight excluding hydrogens is 207 g/mol. The molecule has 0 aliphatic carbocycles. The summed E-state index contributed by atoms with van der Waals surface area (Å²) < 4.78 is 24.6. The molecule has 5 nitrogen and oxygen atoms in total. The Hall–Kier alpha value is -1.58. The molecule has 14 heavy (non-hydrogen) atoms. The van der Waals surface area contributed by atoms with Gasteiger partial charge in [-0.1, -0.05) is 12.8 Å². The highest BCUT2D eigenvalue weighted by Gasteiger charge is 2.31. The second-order valence-electron chi connectivity index (χ2n) is 1.99. The molecule has 0 amide bonds. The first-order valence-electron chi connectivity index (χ1n) is 3.61. The van der Waals surface area contributed by atoms with E-state index in [2.05, 4.69) is 13.8 Å². The maximum atomic E-state index is 11.5. The van der Waals surface area contributed by atoms with Gasteiger partial charge in [0.15, 0.2) is 6.16 Å². The summed E-state index contributed by atoms with van der Waals surface area (Å²) in [6.07, 6.45) is 12.2. The minimum Gasteiger partial charge on any atom is -0.465 e. The average Bonchev–Trinajstić information content (AvgIpc) is 2.04. The van der Waals surface area contributed by atoms with Gasteiger partial charge in [-0.15, -0.1) is 0 Å². The van der Waals surface area contributed by atoms with E-state index < -0.39 is 19.7 Å². The molecule has 0 aliphatic rings. The van der Waals surface area contributed by atoms with Crippen LogP contribution in [0.3, 0.4) is 0 Å². The van der Waals surface area contributed by atoms with Crippen molar-refractivity contribution in [3.8, 4) is 25.1 Å². The number of terminal acetylenes is 2. The quantitative estimate of drug-likeness (QED) is 0.405. The lowest BCUT2D eigenvalue weighted by molar-refractivity contribution is -0.140. The van der Waals surface area contributed by atoms with Crippen molar-refractivity contribution in [2.45, 2.75) is 6.92 Å². The second kappa shape index (κ2) is 5.96. The molecule has 0 unspecified atom stereocenters. The summed E-state index contributed by atoms with van der Waals surface area (Å²) in [5.41, 5.74) is 0. The van der Waals surface area contributed by atoms with Crippen molar-refractivity contribution in [1.82, 2.24) is 0 Å². The van der Waals surface area contributed by atoms with E-state index in [1.807, 2.05) is 0 Å². The van der Waals surface area contributed by atoms with Gasteiger partial charge in [0, 0.05) is 5.71 Å².